The van der Waals surface area contributed by atoms with Crippen LogP contribution in [-0.4, -0.2) is 39.8 Å². The summed E-state index contributed by atoms with van der Waals surface area (Å²) in [6, 6.07) is 8.85. The molecule has 0 radical (unpaired) electrons. The Morgan fingerprint density at radius 1 is 1.32 bits per heavy atom. The van der Waals surface area contributed by atoms with Gasteiger partial charge < -0.3 is 19.5 Å². The van der Waals surface area contributed by atoms with Gasteiger partial charge in [0, 0.05) is 44.9 Å². The number of pyridine rings is 1. The van der Waals surface area contributed by atoms with E-state index in [0.717, 1.165) is 30.4 Å². The van der Waals surface area contributed by atoms with E-state index in [1.54, 1.807) is 7.11 Å². The number of rotatable bonds is 7. The van der Waals surface area contributed by atoms with Crippen LogP contribution < -0.4 is 5.32 Å². The molecule has 5 nitrogen and oxygen atoms in total. The van der Waals surface area contributed by atoms with Gasteiger partial charge in [0.15, 0.2) is 5.11 Å². The topological polar surface area (TPSA) is 42.3 Å². The minimum atomic E-state index is 0.0549. The van der Waals surface area contributed by atoms with Gasteiger partial charge in [0.05, 0.1) is 17.8 Å². The Kier molecular flexibility index (Phi) is 5.71. The van der Waals surface area contributed by atoms with Gasteiger partial charge in [-0.05, 0) is 56.2 Å². The molecule has 0 saturated carbocycles. The zero-order chi connectivity index (χ0) is 17.8. The van der Waals surface area contributed by atoms with Crippen molar-refractivity contribution in [3.05, 3.63) is 54.1 Å². The molecular weight excluding hydrogens is 332 g/mol. The number of methoxy groups -OCH3 is 1. The molecule has 134 valence electrons. The maximum atomic E-state index is 5.64. The second-order valence-electron chi connectivity index (χ2n) is 6.65. The van der Waals surface area contributed by atoms with Crippen LogP contribution in [0.2, 0.25) is 0 Å². The third-order valence-electron chi connectivity index (χ3n) is 4.62. The van der Waals surface area contributed by atoms with Gasteiger partial charge >= 0.3 is 0 Å². The molecule has 0 bridgehead atoms. The van der Waals surface area contributed by atoms with Crippen LogP contribution in [-0.2, 0) is 4.74 Å². The van der Waals surface area contributed by atoms with E-state index in [4.69, 9.17) is 17.0 Å². The molecule has 2 atom stereocenters. The third kappa shape index (κ3) is 3.85. The third-order valence-corrected chi connectivity index (χ3v) is 4.97. The molecule has 1 aliphatic rings. The van der Waals surface area contributed by atoms with Crippen LogP contribution in [0.4, 0.5) is 0 Å². The number of hydrogen-bond donors (Lipinski definition) is 1. The Morgan fingerprint density at radius 3 is 2.80 bits per heavy atom. The highest BCUT2D eigenvalue weighted by atomic mass is 32.1. The fourth-order valence-electron chi connectivity index (χ4n) is 3.32. The van der Waals surface area contributed by atoms with Crippen molar-refractivity contribution in [2.24, 2.45) is 0 Å². The number of aromatic nitrogens is 2. The fourth-order valence-corrected chi connectivity index (χ4v) is 3.65. The largest absolute Gasteiger partial charge is 0.385 e. The van der Waals surface area contributed by atoms with Crippen molar-refractivity contribution in [2.45, 2.75) is 38.4 Å². The van der Waals surface area contributed by atoms with Crippen LogP contribution in [0.5, 0.6) is 0 Å². The number of nitrogens with zero attached hydrogens (tertiary/aromatic N) is 3. The van der Waals surface area contributed by atoms with Crippen molar-refractivity contribution >= 4 is 17.3 Å². The van der Waals surface area contributed by atoms with E-state index in [1.165, 1.54) is 5.56 Å². The predicted octanol–water partition coefficient (Wildman–Crippen LogP) is 3.47. The molecule has 2 aromatic heterocycles. The second kappa shape index (κ2) is 7.97. The molecule has 25 heavy (non-hydrogen) atoms. The van der Waals surface area contributed by atoms with Crippen molar-refractivity contribution in [3.63, 3.8) is 0 Å². The lowest BCUT2D eigenvalue weighted by Crippen LogP contribution is -2.31. The summed E-state index contributed by atoms with van der Waals surface area (Å²) >= 11 is 5.64. The molecule has 1 fully saturated rings. The molecule has 1 N–H and O–H groups in total. The van der Waals surface area contributed by atoms with Crippen molar-refractivity contribution in [3.8, 4) is 0 Å². The quantitative estimate of drug-likeness (QED) is 0.606. The molecule has 3 heterocycles. The SMILES string of the molecule is COCCCN1C(=S)N[C@@H](c2ccccn2)[C@H]1c1ccn(C(C)C)c1. The molecule has 0 aromatic carbocycles. The van der Waals surface area contributed by atoms with Crippen molar-refractivity contribution in [2.75, 3.05) is 20.3 Å². The van der Waals surface area contributed by atoms with Crippen LogP contribution in [0.1, 0.15) is 49.7 Å². The molecule has 0 spiro atoms. The van der Waals surface area contributed by atoms with Gasteiger partial charge in [0.2, 0.25) is 0 Å². The van der Waals surface area contributed by atoms with Crippen molar-refractivity contribution in [1.29, 1.82) is 0 Å². The highest BCUT2D eigenvalue weighted by Gasteiger charge is 2.39. The van der Waals surface area contributed by atoms with Gasteiger partial charge in [-0.2, -0.15) is 0 Å². The Labute approximate surface area is 155 Å². The lowest BCUT2D eigenvalue weighted by molar-refractivity contribution is 0.180. The average Bonchev–Trinajstić information content (AvgIpc) is 3.21. The number of ether oxygens (including phenoxy) is 1. The molecule has 3 rings (SSSR count). The Bertz CT molecular complexity index is 700. The van der Waals surface area contributed by atoms with E-state index in [1.807, 2.05) is 18.3 Å². The van der Waals surface area contributed by atoms with Crippen LogP contribution in [0.3, 0.4) is 0 Å². The van der Waals surface area contributed by atoms with E-state index in [2.05, 4.69) is 58.1 Å². The molecule has 0 unspecified atom stereocenters. The first-order valence-corrected chi connectivity index (χ1v) is 9.17. The van der Waals surface area contributed by atoms with Crippen LogP contribution in [0.15, 0.2) is 42.9 Å². The molecule has 0 amide bonds. The summed E-state index contributed by atoms with van der Waals surface area (Å²) in [6.45, 7) is 5.97. The van der Waals surface area contributed by atoms with Crippen molar-refractivity contribution in [1.82, 2.24) is 19.8 Å². The monoisotopic (exact) mass is 358 g/mol. The molecule has 2 aromatic rings. The highest BCUT2D eigenvalue weighted by molar-refractivity contribution is 7.80. The maximum Gasteiger partial charge on any atom is 0.170 e. The van der Waals surface area contributed by atoms with Crippen LogP contribution in [0, 0.1) is 0 Å². The second-order valence-corrected chi connectivity index (χ2v) is 7.04. The van der Waals surface area contributed by atoms with E-state index in [9.17, 15) is 0 Å². The van der Waals surface area contributed by atoms with Crippen LogP contribution in [0.25, 0.3) is 0 Å². The standard InChI is InChI=1S/C19H26N4OS/c1-14(2)22-11-8-15(13-22)18-17(16-7-4-5-9-20-16)21-19(25)23(18)10-6-12-24-3/h4-5,7-9,11,13-14,17-18H,6,10,12H2,1-3H3,(H,21,25)/t17-,18+/m0/s1. The molecule has 6 heteroatoms. The van der Waals surface area contributed by atoms with Gasteiger partial charge in [-0.3, -0.25) is 4.98 Å². The van der Waals surface area contributed by atoms with E-state index in [-0.39, 0.29) is 12.1 Å². The molecule has 1 saturated heterocycles. The minimum absolute atomic E-state index is 0.0549. The zero-order valence-corrected chi connectivity index (χ0v) is 15.9. The number of hydrogen-bond acceptors (Lipinski definition) is 3. The first-order valence-electron chi connectivity index (χ1n) is 8.76. The highest BCUT2D eigenvalue weighted by Crippen LogP contribution is 2.38. The lowest BCUT2D eigenvalue weighted by atomic mass is 9.99. The van der Waals surface area contributed by atoms with E-state index >= 15 is 0 Å². The zero-order valence-electron chi connectivity index (χ0n) is 15.1. The summed E-state index contributed by atoms with van der Waals surface area (Å²) in [7, 11) is 1.73. The molecule has 1 aliphatic heterocycles. The van der Waals surface area contributed by atoms with Gasteiger partial charge in [0.1, 0.15) is 0 Å². The summed E-state index contributed by atoms with van der Waals surface area (Å²) < 4.78 is 7.45. The van der Waals surface area contributed by atoms with Gasteiger partial charge in [-0.15, -0.1) is 0 Å². The van der Waals surface area contributed by atoms with Gasteiger partial charge in [-0.1, -0.05) is 6.07 Å². The summed E-state index contributed by atoms with van der Waals surface area (Å²) in [5, 5.41) is 4.27. The summed E-state index contributed by atoms with van der Waals surface area (Å²) in [5.41, 5.74) is 2.27. The van der Waals surface area contributed by atoms with E-state index in [0.29, 0.717) is 6.04 Å². The van der Waals surface area contributed by atoms with Gasteiger partial charge in [-0.25, -0.2) is 0 Å². The molecular formula is C19H26N4OS. The Balaban J connectivity index is 1.92. The molecule has 0 aliphatic carbocycles. The lowest BCUT2D eigenvalue weighted by Gasteiger charge is -2.27. The van der Waals surface area contributed by atoms with E-state index < -0.39 is 0 Å². The average molecular weight is 359 g/mol. The Hall–Kier alpha value is -1.92. The smallest absolute Gasteiger partial charge is 0.170 e. The number of nitrogens with one attached hydrogen (secondary N) is 1. The predicted molar refractivity (Wildman–Crippen MR) is 103 cm³/mol. The van der Waals surface area contributed by atoms with Gasteiger partial charge in [0.25, 0.3) is 0 Å². The summed E-state index contributed by atoms with van der Waals surface area (Å²) in [5.74, 6) is 0. The number of thiocarbonyl (C=S) groups is 1. The first-order chi connectivity index (χ1) is 12.1. The van der Waals surface area contributed by atoms with Crippen LogP contribution >= 0.6 is 12.2 Å². The first kappa shape index (κ1) is 17.9. The summed E-state index contributed by atoms with van der Waals surface area (Å²) in [4.78, 5) is 6.83. The summed E-state index contributed by atoms with van der Waals surface area (Å²) in [6.07, 6.45) is 7.15. The minimum Gasteiger partial charge on any atom is -0.385 e. The maximum absolute atomic E-state index is 5.64. The normalized spacial score (nSPS) is 20.3. The van der Waals surface area contributed by atoms with Crippen molar-refractivity contribution < 1.29 is 4.74 Å². The fraction of sp³-hybridized carbons (Fsp3) is 0.474. The Morgan fingerprint density at radius 2 is 2.16 bits per heavy atom.